The first-order chi connectivity index (χ1) is 8.72. The van der Waals surface area contributed by atoms with E-state index in [0.717, 1.165) is 40.3 Å². The van der Waals surface area contributed by atoms with Crippen molar-refractivity contribution in [3.8, 4) is 5.69 Å². The Morgan fingerprint density at radius 1 is 1.44 bits per heavy atom. The van der Waals surface area contributed by atoms with Crippen LogP contribution in [-0.4, -0.2) is 16.3 Å². The van der Waals surface area contributed by atoms with Gasteiger partial charge in [-0.2, -0.15) is 5.10 Å². The fourth-order valence-electron chi connectivity index (χ4n) is 1.76. The molecule has 0 fully saturated rings. The molecule has 0 saturated heterocycles. The van der Waals surface area contributed by atoms with Gasteiger partial charge in [0, 0.05) is 23.3 Å². The van der Waals surface area contributed by atoms with Crippen LogP contribution in [0.5, 0.6) is 0 Å². The molecule has 96 valence electrons. The van der Waals surface area contributed by atoms with Crippen LogP contribution in [0.1, 0.15) is 18.9 Å². The highest BCUT2D eigenvalue weighted by Crippen LogP contribution is 2.23. The Hall–Kier alpha value is -0.840. The van der Waals surface area contributed by atoms with Gasteiger partial charge in [0.05, 0.1) is 16.4 Å². The first kappa shape index (κ1) is 13.6. The molecular weight excluding hydrogens is 314 g/mol. The molecule has 3 nitrogen and oxygen atoms in total. The van der Waals surface area contributed by atoms with Gasteiger partial charge in [0.25, 0.3) is 0 Å². The number of halogens is 2. The fraction of sp³-hybridized carbons (Fsp3) is 0.308. The minimum atomic E-state index is 0.750. The summed E-state index contributed by atoms with van der Waals surface area (Å²) in [7, 11) is 0. The van der Waals surface area contributed by atoms with Crippen molar-refractivity contribution in [3.63, 3.8) is 0 Å². The lowest BCUT2D eigenvalue weighted by molar-refractivity contribution is 0.670. The summed E-state index contributed by atoms with van der Waals surface area (Å²) >= 11 is 9.68. The second-order valence-electron chi connectivity index (χ2n) is 4.02. The predicted octanol–water partition coefficient (Wildman–Crippen LogP) is 3.79. The molecule has 5 heteroatoms. The van der Waals surface area contributed by atoms with Crippen molar-refractivity contribution in [2.45, 2.75) is 19.9 Å². The van der Waals surface area contributed by atoms with Crippen LogP contribution in [0, 0.1) is 0 Å². The van der Waals surface area contributed by atoms with Crippen molar-refractivity contribution in [2.75, 3.05) is 6.54 Å². The summed E-state index contributed by atoms with van der Waals surface area (Å²) in [5.74, 6) is 0. The van der Waals surface area contributed by atoms with Crippen LogP contribution in [0.2, 0.25) is 5.02 Å². The summed E-state index contributed by atoms with van der Waals surface area (Å²) in [6, 6.07) is 5.87. The van der Waals surface area contributed by atoms with Crippen LogP contribution < -0.4 is 5.32 Å². The molecule has 0 unspecified atom stereocenters. The maximum atomic E-state index is 6.27. The molecule has 1 N–H and O–H groups in total. The van der Waals surface area contributed by atoms with Crippen LogP contribution in [0.4, 0.5) is 0 Å². The zero-order chi connectivity index (χ0) is 13.0. The molecule has 0 aliphatic heterocycles. The smallest absolute Gasteiger partial charge is 0.0705 e. The number of nitrogens with zero attached hydrogens (tertiary/aromatic N) is 2. The van der Waals surface area contributed by atoms with Crippen molar-refractivity contribution in [3.05, 3.63) is 45.7 Å². The van der Waals surface area contributed by atoms with Crippen molar-refractivity contribution in [1.82, 2.24) is 15.1 Å². The number of aromatic nitrogens is 2. The van der Waals surface area contributed by atoms with E-state index in [9.17, 15) is 0 Å². The second kappa shape index (κ2) is 6.36. The summed E-state index contributed by atoms with van der Waals surface area (Å²) in [4.78, 5) is 0. The average molecular weight is 329 g/mol. The molecule has 2 rings (SSSR count). The summed E-state index contributed by atoms with van der Waals surface area (Å²) in [5, 5.41) is 8.44. The minimum absolute atomic E-state index is 0.750. The lowest BCUT2D eigenvalue weighted by Crippen LogP contribution is -2.16. The Kier molecular flexibility index (Phi) is 4.80. The Labute approximate surface area is 120 Å². The lowest BCUT2D eigenvalue weighted by atomic mass is 10.1. The van der Waals surface area contributed by atoms with E-state index in [0.29, 0.717) is 0 Å². The predicted molar refractivity (Wildman–Crippen MR) is 78.3 cm³/mol. The van der Waals surface area contributed by atoms with Gasteiger partial charge < -0.3 is 5.32 Å². The van der Waals surface area contributed by atoms with Gasteiger partial charge >= 0.3 is 0 Å². The number of hydrogen-bond donors (Lipinski definition) is 1. The molecule has 0 spiro atoms. The molecule has 0 amide bonds. The van der Waals surface area contributed by atoms with Gasteiger partial charge in [0.2, 0.25) is 0 Å². The molecule has 0 radical (unpaired) electrons. The van der Waals surface area contributed by atoms with E-state index in [1.165, 1.54) is 0 Å². The molecule has 0 aliphatic carbocycles. The van der Waals surface area contributed by atoms with E-state index < -0.39 is 0 Å². The highest BCUT2D eigenvalue weighted by atomic mass is 79.9. The standard InChI is InChI=1S/C13H15BrClN3/c1-2-6-16-8-11-12(15)4-3-5-13(11)18-9-10(14)7-17-18/h3-5,7,9,16H,2,6,8H2,1H3. The molecule has 0 aliphatic rings. The number of hydrogen-bond acceptors (Lipinski definition) is 2. The van der Waals surface area contributed by atoms with Crippen molar-refractivity contribution in [1.29, 1.82) is 0 Å². The van der Waals surface area contributed by atoms with Crippen LogP contribution in [0.15, 0.2) is 35.1 Å². The summed E-state index contributed by atoms with van der Waals surface area (Å²) in [6.45, 7) is 3.87. The second-order valence-corrected chi connectivity index (χ2v) is 5.34. The molecule has 1 aromatic heterocycles. The highest BCUT2D eigenvalue weighted by Gasteiger charge is 2.09. The van der Waals surface area contributed by atoms with Crippen LogP contribution in [0.25, 0.3) is 5.69 Å². The Bertz CT molecular complexity index is 525. The lowest BCUT2D eigenvalue weighted by Gasteiger charge is -2.12. The molecule has 1 heterocycles. The quantitative estimate of drug-likeness (QED) is 0.846. The summed E-state index contributed by atoms with van der Waals surface area (Å²) < 4.78 is 2.79. The Morgan fingerprint density at radius 3 is 2.94 bits per heavy atom. The fourth-order valence-corrected chi connectivity index (χ4v) is 2.28. The first-order valence-electron chi connectivity index (χ1n) is 5.91. The van der Waals surface area contributed by atoms with Gasteiger partial charge in [-0.15, -0.1) is 0 Å². The third kappa shape index (κ3) is 3.13. The SMILES string of the molecule is CCCNCc1c(Cl)cccc1-n1cc(Br)cn1. The summed E-state index contributed by atoms with van der Waals surface area (Å²) in [5.41, 5.74) is 2.08. The van der Waals surface area contributed by atoms with Crippen molar-refractivity contribution in [2.24, 2.45) is 0 Å². The van der Waals surface area contributed by atoms with E-state index in [-0.39, 0.29) is 0 Å². The van der Waals surface area contributed by atoms with E-state index >= 15 is 0 Å². The van der Waals surface area contributed by atoms with Gasteiger partial charge in [0.15, 0.2) is 0 Å². The van der Waals surface area contributed by atoms with E-state index in [1.807, 2.05) is 29.1 Å². The number of benzene rings is 1. The van der Waals surface area contributed by atoms with Crippen LogP contribution in [0.3, 0.4) is 0 Å². The zero-order valence-corrected chi connectivity index (χ0v) is 12.5. The molecule has 18 heavy (non-hydrogen) atoms. The number of nitrogens with one attached hydrogen (secondary N) is 1. The molecule has 0 saturated carbocycles. The topological polar surface area (TPSA) is 29.9 Å². The maximum absolute atomic E-state index is 6.27. The average Bonchev–Trinajstić information content (AvgIpc) is 2.78. The zero-order valence-electron chi connectivity index (χ0n) is 10.2. The van der Waals surface area contributed by atoms with Crippen LogP contribution >= 0.6 is 27.5 Å². The molecule has 1 aromatic carbocycles. The van der Waals surface area contributed by atoms with Crippen molar-refractivity contribution >= 4 is 27.5 Å². The Balaban J connectivity index is 2.31. The van der Waals surface area contributed by atoms with Crippen molar-refractivity contribution < 1.29 is 0 Å². The number of rotatable bonds is 5. The third-order valence-corrected chi connectivity index (χ3v) is 3.38. The monoisotopic (exact) mass is 327 g/mol. The molecule has 0 bridgehead atoms. The van der Waals surface area contributed by atoms with Gasteiger partial charge in [-0.3, -0.25) is 0 Å². The van der Waals surface area contributed by atoms with Gasteiger partial charge in [-0.05, 0) is 41.0 Å². The van der Waals surface area contributed by atoms with E-state index in [4.69, 9.17) is 11.6 Å². The molecule has 2 aromatic rings. The minimum Gasteiger partial charge on any atom is -0.313 e. The summed E-state index contributed by atoms with van der Waals surface area (Å²) in [6.07, 6.45) is 4.80. The highest BCUT2D eigenvalue weighted by molar-refractivity contribution is 9.10. The molecular formula is C13H15BrClN3. The van der Waals surface area contributed by atoms with E-state index in [1.54, 1.807) is 6.20 Å². The van der Waals surface area contributed by atoms with E-state index in [2.05, 4.69) is 33.3 Å². The third-order valence-electron chi connectivity index (χ3n) is 2.62. The normalized spacial score (nSPS) is 10.8. The molecule has 0 atom stereocenters. The maximum Gasteiger partial charge on any atom is 0.0705 e. The van der Waals surface area contributed by atoms with Gasteiger partial charge in [-0.25, -0.2) is 4.68 Å². The first-order valence-corrected chi connectivity index (χ1v) is 7.08. The Morgan fingerprint density at radius 2 is 2.28 bits per heavy atom. The van der Waals surface area contributed by atoms with Gasteiger partial charge in [-0.1, -0.05) is 24.6 Å². The van der Waals surface area contributed by atoms with Gasteiger partial charge in [0.1, 0.15) is 0 Å². The van der Waals surface area contributed by atoms with Crippen LogP contribution in [-0.2, 0) is 6.54 Å². The largest absolute Gasteiger partial charge is 0.313 e.